The van der Waals surface area contributed by atoms with Crippen LogP contribution in [0, 0.1) is 11.3 Å². The topological polar surface area (TPSA) is 23.8 Å². The van der Waals surface area contributed by atoms with Crippen molar-refractivity contribution < 1.29 is 0 Å². The van der Waals surface area contributed by atoms with Crippen molar-refractivity contribution in [1.82, 2.24) is 0 Å². The van der Waals surface area contributed by atoms with Gasteiger partial charge in [0, 0.05) is 6.08 Å². The van der Waals surface area contributed by atoms with Crippen molar-refractivity contribution in [2.75, 3.05) is 0 Å². The van der Waals surface area contributed by atoms with Gasteiger partial charge in [-0.25, -0.2) is 0 Å². The number of rotatable bonds is 8. The molecule has 0 N–H and O–H groups in total. The number of allylic oxidation sites excluding steroid dienone is 6. The maximum absolute atomic E-state index is 8.22. The van der Waals surface area contributed by atoms with Crippen LogP contribution in [0.5, 0.6) is 0 Å². The average molecular weight is 203 g/mol. The molecule has 0 unspecified atom stereocenters. The zero-order valence-corrected chi connectivity index (χ0v) is 9.65. The maximum Gasteiger partial charge on any atom is 0.0912 e. The Bertz CT molecular complexity index is 241. The number of hydrogen-bond donors (Lipinski definition) is 0. The number of nitriles is 1. The molecule has 0 aromatic heterocycles. The molecule has 0 bridgehead atoms. The summed E-state index contributed by atoms with van der Waals surface area (Å²) >= 11 is 0. The summed E-state index contributed by atoms with van der Waals surface area (Å²) in [6.45, 7) is 2.24. The Morgan fingerprint density at radius 3 is 2.40 bits per heavy atom. The predicted octanol–water partition coefficient (Wildman–Crippen LogP) is 4.54. The van der Waals surface area contributed by atoms with E-state index in [-0.39, 0.29) is 0 Å². The van der Waals surface area contributed by atoms with Crippen LogP contribution in [0.4, 0.5) is 0 Å². The Morgan fingerprint density at radius 1 is 0.933 bits per heavy atom. The van der Waals surface area contributed by atoms with Gasteiger partial charge in [-0.1, -0.05) is 63.0 Å². The largest absolute Gasteiger partial charge is 0.193 e. The molecule has 82 valence electrons. The third-order valence-electron chi connectivity index (χ3n) is 2.11. The Balaban J connectivity index is 3.28. The van der Waals surface area contributed by atoms with Gasteiger partial charge < -0.3 is 0 Å². The van der Waals surface area contributed by atoms with E-state index in [1.54, 1.807) is 6.08 Å². The van der Waals surface area contributed by atoms with Crippen molar-refractivity contribution in [2.45, 2.75) is 45.4 Å². The second-order valence-electron chi connectivity index (χ2n) is 3.50. The molecule has 0 radical (unpaired) electrons. The Morgan fingerprint density at radius 2 is 1.67 bits per heavy atom. The molecular formula is C14H21N. The summed E-state index contributed by atoms with van der Waals surface area (Å²) in [7, 11) is 0. The van der Waals surface area contributed by atoms with Crippen LogP contribution in [0.1, 0.15) is 45.4 Å². The number of nitrogens with zero attached hydrogens (tertiary/aromatic N) is 1. The van der Waals surface area contributed by atoms with Crippen molar-refractivity contribution in [3.63, 3.8) is 0 Å². The highest BCUT2D eigenvalue weighted by Crippen LogP contribution is 2.05. The van der Waals surface area contributed by atoms with Crippen LogP contribution in [0.2, 0.25) is 0 Å². The van der Waals surface area contributed by atoms with Crippen LogP contribution >= 0.6 is 0 Å². The number of unbranched alkanes of at least 4 members (excludes halogenated alkanes) is 5. The molecule has 0 aromatic carbocycles. The minimum Gasteiger partial charge on any atom is -0.193 e. The van der Waals surface area contributed by atoms with Gasteiger partial charge in [-0.2, -0.15) is 5.26 Å². The molecule has 0 aromatic rings. The van der Waals surface area contributed by atoms with Crippen LogP contribution in [-0.2, 0) is 0 Å². The normalized spacial score (nSPS) is 11.7. The number of hydrogen-bond acceptors (Lipinski definition) is 1. The second kappa shape index (κ2) is 12.7. The van der Waals surface area contributed by atoms with Crippen LogP contribution < -0.4 is 0 Å². The summed E-state index contributed by atoms with van der Waals surface area (Å²) in [6, 6.07) is 1.94. The molecule has 0 saturated heterocycles. The zero-order chi connectivity index (χ0) is 11.2. The molecular weight excluding hydrogens is 182 g/mol. The van der Waals surface area contributed by atoms with Crippen molar-refractivity contribution in [2.24, 2.45) is 0 Å². The van der Waals surface area contributed by atoms with E-state index in [1.165, 1.54) is 38.2 Å². The fraction of sp³-hybridized carbons (Fsp3) is 0.500. The third-order valence-corrected chi connectivity index (χ3v) is 2.11. The van der Waals surface area contributed by atoms with Crippen molar-refractivity contribution in [1.29, 1.82) is 5.26 Å². The van der Waals surface area contributed by atoms with Gasteiger partial charge in [-0.15, -0.1) is 0 Å². The van der Waals surface area contributed by atoms with Gasteiger partial charge in [0.2, 0.25) is 0 Å². The highest BCUT2D eigenvalue weighted by atomic mass is 14.2. The van der Waals surface area contributed by atoms with Gasteiger partial charge in [0.15, 0.2) is 0 Å². The predicted molar refractivity (Wildman–Crippen MR) is 66.4 cm³/mol. The summed E-state index contributed by atoms with van der Waals surface area (Å²) in [5.74, 6) is 0. The van der Waals surface area contributed by atoms with Gasteiger partial charge in [0.1, 0.15) is 0 Å². The first-order valence-corrected chi connectivity index (χ1v) is 5.79. The lowest BCUT2D eigenvalue weighted by Gasteiger charge is -1.95. The first kappa shape index (κ1) is 13.7. The van der Waals surface area contributed by atoms with Gasteiger partial charge in [-0.05, 0) is 12.8 Å². The minimum absolute atomic E-state index is 1.16. The molecule has 0 atom stereocenters. The van der Waals surface area contributed by atoms with Gasteiger partial charge in [-0.3, -0.25) is 0 Å². The summed E-state index contributed by atoms with van der Waals surface area (Å²) < 4.78 is 0. The Hall–Kier alpha value is -1.29. The molecule has 0 aliphatic carbocycles. The van der Waals surface area contributed by atoms with E-state index in [1.807, 2.05) is 24.3 Å². The minimum atomic E-state index is 1.16. The van der Waals surface area contributed by atoms with E-state index in [0.29, 0.717) is 0 Å². The van der Waals surface area contributed by atoms with E-state index in [0.717, 1.165) is 6.42 Å². The van der Waals surface area contributed by atoms with E-state index < -0.39 is 0 Å². The monoisotopic (exact) mass is 203 g/mol. The zero-order valence-electron chi connectivity index (χ0n) is 9.65. The van der Waals surface area contributed by atoms with Crippen LogP contribution in [-0.4, -0.2) is 0 Å². The van der Waals surface area contributed by atoms with Crippen molar-refractivity contribution in [3.05, 3.63) is 36.5 Å². The smallest absolute Gasteiger partial charge is 0.0912 e. The molecule has 1 nitrogen and oxygen atoms in total. The lowest BCUT2D eigenvalue weighted by atomic mass is 10.1. The summed E-state index contributed by atoms with van der Waals surface area (Å²) in [5.41, 5.74) is 0. The Labute approximate surface area is 93.8 Å². The van der Waals surface area contributed by atoms with E-state index in [9.17, 15) is 0 Å². The molecule has 0 amide bonds. The van der Waals surface area contributed by atoms with Gasteiger partial charge >= 0.3 is 0 Å². The molecule has 15 heavy (non-hydrogen) atoms. The maximum atomic E-state index is 8.22. The van der Waals surface area contributed by atoms with Crippen LogP contribution in [0.3, 0.4) is 0 Å². The fourth-order valence-corrected chi connectivity index (χ4v) is 1.27. The van der Waals surface area contributed by atoms with Crippen molar-refractivity contribution >= 4 is 0 Å². The highest BCUT2D eigenvalue weighted by molar-refractivity contribution is 5.15. The molecule has 1 heteroatoms. The highest BCUT2D eigenvalue weighted by Gasteiger charge is 1.85. The van der Waals surface area contributed by atoms with Crippen molar-refractivity contribution in [3.8, 4) is 6.07 Å². The molecule has 0 aliphatic heterocycles. The summed E-state index contributed by atoms with van der Waals surface area (Å²) in [4.78, 5) is 0. The van der Waals surface area contributed by atoms with Gasteiger partial charge in [0.25, 0.3) is 0 Å². The van der Waals surface area contributed by atoms with E-state index >= 15 is 0 Å². The fourth-order valence-electron chi connectivity index (χ4n) is 1.27. The quantitative estimate of drug-likeness (QED) is 0.323. The molecule has 0 heterocycles. The first-order chi connectivity index (χ1) is 7.41. The Kier molecular flexibility index (Phi) is 11.6. The van der Waals surface area contributed by atoms with E-state index in [4.69, 9.17) is 5.26 Å². The van der Waals surface area contributed by atoms with E-state index in [2.05, 4.69) is 13.0 Å². The molecule has 0 fully saturated rings. The molecule has 0 saturated carbocycles. The third kappa shape index (κ3) is 12.7. The summed E-state index contributed by atoms with van der Waals surface area (Å²) in [6.07, 6.45) is 19.1. The lowest BCUT2D eigenvalue weighted by molar-refractivity contribution is 0.637. The second-order valence-corrected chi connectivity index (χ2v) is 3.50. The standard InChI is InChI=1S/C14H21N/c1-2-3-4-5-6-7-8-9-10-11-12-13-14-15/h8-13H,2-7H2,1H3/b9-8+,11-10+,13-12+. The molecule has 0 spiro atoms. The molecule has 0 rings (SSSR count). The molecule has 0 aliphatic rings. The summed E-state index contributed by atoms with van der Waals surface area (Å²) in [5, 5.41) is 8.22. The van der Waals surface area contributed by atoms with Gasteiger partial charge in [0.05, 0.1) is 6.07 Å². The lowest BCUT2D eigenvalue weighted by Crippen LogP contribution is -1.75. The average Bonchev–Trinajstić information content (AvgIpc) is 2.26. The first-order valence-electron chi connectivity index (χ1n) is 5.79. The van der Waals surface area contributed by atoms with Crippen LogP contribution in [0.15, 0.2) is 36.5 Å². The van der Waals surface area contributed by atoms with Crippen LogP contribution in [0.25, 0.3) is 0 Å². The SMILES string of the molecule is CCCCCCC/C=C/C=C/C=C/C#N.